The van der Waals surface area contributed by atoms with Crippen molar-refractivity contribution in [2.24, 2.45) is 0 Å². The Hall–Kier alpha value is -1.39. The molecule has 0 radical (unpaired) electrons. The predicted molar refractivity (Wildman–Crippen MR) is 230 cm³/mol. The smallest absolute Gasteiger partial charge is 0.220 e. The van der Waals surface area contributed by atoms with Crippen molar-refractivity contribution in [1.82, 2.24) is 5.32 Å². The zero-order valence-electron chi connectivity index (χ0n) is 35.1. The number of unbranched alkanes of at least 4 members (excludes halogenated alkanes) is 31. The molecule has 0 saturated heterocycles. The molecule has 0 aliphatic heterocycles. The van der Waals surface area contributed by atoms with E-state index in [0.717, 1.165) is 32.1 Å². The summed E-state index contributed by atoms with van der Waals surface area (Å²) in [6, 6.07) is -0.638. The van der Waals surface area contributed by atoms with E-state index in [1.807, 2.05) is 6.08 Å². The first-order chi connectivity index (χ1) is 25.7. The second-order valence-corrected chi connectivity index (χ2v) is 15.8. The molecule has 0 bridgehead atoms. The van der Waals surface area contributed by atoms with E-state index in [2.05, 4.69) is 43.5 Å². The minimum Gasteiger partial charge on any atom is -0.394 e. The number of aliphatic hydroxyl groups is 2. The fourth-order valence-corrected chi connectivity index (χ4v) is 7.01. The Morgan fingerprint density at radius 3 is 1.12 bits per heavy atom. The van der Waals surface area contributed by atoms with E-state index >= 15 is 0 Å². The average Bonchev–Trinajstić information content (AvgIpc) is 3.15. The van der Waals surface area contributed by atoms with Crippen LogP contribution in [0.15, 0.2) is 36.5 Å². The maximum atomic E-state index is 12.4. The van der Waals surface area contributed by atoms with Crippen molar-refractivity contribution in [3.63, 3.8) is 0 Å². The number of carbonyl (C=O) groups is 1. The topological polar surface area (TPSA) is 69.6 Å². The lowest BCUT2D eigenvalue weighted by atomic mass is 10.0. The van der Waals surface area contributed by atoms with Crippen molar-refractivity contribution in [2.75, 3.05) is 6.61 Å². The number of hydrogen-bond donors (Lipinski definition) is 3. The zero-order chi connectivity index (χ0) is 37.8. The van der Waals surface area contributed by atoms with Crippen LogP contribution in [0.1, 0.15) is 245 Å². The molecule has 0 spiro atoms. The highest BCUT2D eigenvalue weighted by atomic mass is 16.3. The third-order valence-corrected chi connectivity index (χ3v) is 10.6. The Kier molecular flexibility index (Phi) is 42.8. The van der Waals surface area contributed by atoms with Gasteiger partial charge in [-0.1, -0.05) is 217 Å². The molecular weight excluding hydrogens is 639 g/mol. The van der Waals surface area contributed by atoms with Crippen LogP contribution in [0.5, 0.6) is 0 Å². The van der Waals surface area contributed by atoms with Crippen molar-refractivity contribution in [2.45, 2.75) is 257 Å². The Morgan fingerprint density at radius 1 is 0.442 bits per heavy atom. The van der Waals surface area contributed by atoms with E-state index in [1.165, 1.54) is 193 Å². The number of aliphatic hydroxyl groups excluding tert-OH is 2. The van der Waals surface area contributed by atoms with Crippen LogP contribution in [0, 0.1) is 0 Å². The summed E-state index contributed by atoms with van der Waals surface area (Å²) in [5, 5.41) is 23.0. The van der Waals surface area contributed by atoms with Crippen molar-refractivity contribution in [3.05, 3.63) is 36.5 Å². The molecule has 2 atom stereocenters. The molecule has 0 aromatic heterocycles. The molecule has 0 heterocycles. The first-order valence-electron chi connectivity index (χ1n) is 23.2. The quantitative estimate of drug-likeness (QED) is 0.0433. The Labute approximate surface area is 325 Å². The van der Waals surface area contributed by atoms with Crippen LogP contribution in [0.3, 0.4) is 0 Å². The largest absolute Gasteiger partial charge is 0.394 e. The molecule has 0 aromatic rings. The number of nitrogens with one attached hydrogen (secondary N) is 1. The minimum absolute atomic E-state index is 0.0749. The van der Waals surface area contributed by atoms with Gasteiger partial charge in [0.05, 0.1) is 18.8 Å². The highest BCUT2D eigenvalue weighted by molar-refractivity contribution is 5.76. The summed E-state index contributed by atoms with van der Waals surface area (Å²) < 4.78 is 0. The van der Waals surface area contributed by atoms with Gasteiger partial charge in [-0.05, 0) is 57.8 Å². The van der Waals surface area contributed by atoms with E-state index in [1.54, 1.807) is 6.08 Å². The summed E-state index contributed by atoms with van der Waals surface area (Å²) in [4.78, 5) is 12.4. The van der Waals surface area contributed by atoms with E-state index in [-0.39, 0.29) is 12.5 Å². The molecule has 0 aromatic carbocycles. The van der Waals surface area contributed by atoms with Crippen LogP contribution in [0.4, 0.5) is 0 Å². The second kappa shape index (κ2) is 44.0. The number of carbonyl (C=O) groups excluding carboxylic acids is 1. The molecule has 0 rings (SSSR count). The summed E-state index contributed by atoms with van der Waals surface area (Å²) >= 11 is 0. The average molecular weight is 730 g/mol. The van der Waals surface area contributed by atoms with Gasteiger partial charge in [-0.2, -0.15) is 0 Å². The van der Waals surface area contributed by atoms with Crippen LogP contribution < -0.4 is 5.32 Å². The first kappa shape index (κ1) is 50.6. The Bertz CT molecular complexity index is 790. The lowest BCUT2D eigenvalue weighted by molar-refractivity contribution is -0.123. The normalized spacial score (nSPS) is 13.2. The molecule has 0 fully saturated rings. The van der Waals surface area contributed by atoms with Gasteiger partial charge in [-0.3, -0.25) is 4.79 Å². The molecule has 4 heteroatoms. The predicted octanol–water partition coefficient (Wildman–Crippen LogP) is 14.6. The maximum absolute atomic E-state index is 12.4. The highest BCUT2D eigenvalue weighted by Gasteiger charge is 2.17. The van der Waals surface area contributed by atoms with Gasteiger partial charge in [0.15, 0.2) is 0 Å². The summed E-state index contributed by atoms with van der Waals surface area (Å²) in [5.74, 6) is -0.0749. The number of allylic oxidation sites excluding steroid dienone is 5. The standard InChI is InChI=1S/C48H91NO3/c1-3-5-7-9-11-13-15-17-19-20-21-22-23-24-25-26-27-28-30-32-34-36-38-40-42-44-48(52)49-46(45-50)47(51)43-41-39-37-35-33-31-29-18-16-14-12-10-8-6-4-2/h24-25,33,35,41,43,46-47,50-51H,3-23,26-32,34,36-40,42,44-45H2,1-2H3,(H,49,52)/b25-24-,35-33+,43-41+. The van der Waals surface area contributed by atoms with Crippen LogP contribution in [0.2, 0.25) is 0 Å². The number of amides is 1. The molecule has 0 aliphatic carbocycles. The summed E-state index contributed by atoms with van der Waals surface area (Å²) in [7, 11) is 0. The van der Waals surface area contributed by atoms with Crippen LogP contribution in [0.25, 0.3) is 0 Å². The van der Waals surface area contributed by atoms with Gasteiger partial charge in [0.25, 0.3) is 0 Å². The van der Waals surface area contributed by atoms with Gasteiger partial charge in [0.2, 0.25) is 5.91 Å². The Morgan fingerprint density at radius 2 is 0.750 bits per heavy atom. The van der Waals surface area contributed by atoms with Crippen LogP contribution in [-0.4, -0.2) is 34.9 Å². The van der Waals surface area contributed by atoms with Crippen molar-refractivity contribution >= 4 is 5.91 Å². The fourth-order valence-electron chi connectivity index (χ4n) is 7.01. The Balaban J connectivity index is 3.55. The van der Waals surface area contributed by atoms with Crippen LogP contribution in [-0.2, 0) is 4.79 Å². The molecular formula is C48H91NO3. The number of rotatable bonds is 42. The highest BCUT2D eigenvalue weighted by Crippen LogP contribution is 2.15. The first-order valence-corrected chi connectivity index (χ1v) is 23.2. The summed E-state index contributed by atoms with van der Waals surface area (Å²) in [6.45, 7) is 4.30. The van der Waals surface area contributed by atoms with E-state index in [9.17, 15) is 15.0 Å². The van der Waals surface area contributed by atoms with Crippen molar-refractivity contribution in [3.8, 4) is 0 Å². The van der Waals surface area contributed by atoms with E-state index < -0.39 is 12.1 Å². The van der Waals surface area contributed by atoms with Gasteiger partial charge in [0.1, 0.15) is 0 Å². The van der Waals surface area contributed by atoms with Gasteiger partial charge in [-0.25, -0.2) is 0 Å². The molecule has 1 amide bonds. The van der Waals surface area contributed by atoms with Gasteiger partial charge in [-0.15, -0.1) is 0 Å². The molecule has 2 unspecified atom stereocenters. The maximum Gasteiger partial charge on any atom is 0.220 e. The minimum atomic E-state index is -0.861. The third kappa shape index (κ3) is 39.8. The SMILES string of the molecule is CCCCCCCCCCC/C=C/CC/C=C/C(O)C(CO)NC(=O)CCCCCCCCCCC/C=C\CCCCCCCCCCCCCC. The monoisotopic (exact) mass is 730 g/mol. The zero-order valence-corrected chi connectivity index (χ0v) is 35.1. The van der Waals surface area contributed by atoms with Gasteiger partial charge >= 0.3 is 0 Å². The van der Waals surface area contributed by atoms with Gasteiger partial charge < -0.3 is 15.5 Å². The van der Waals surface area contributed by atoms with Gasteiger partial charge in [0, 0.05) is 6.42 Å². The van der Waals surface area contributed by atoms with Crippen LogP contribution >= 0.6 is 0 Å². The molecule has 0 saturated carbocycles. The lowest BCUT2D eigenvalue weighted by Gasteiger charge is -2.19. The van der Waals surface area contributed by atoms with E-state index in [0.29, 0.717) is 6.42 Å². The van der Waals surface area contributed by atoms with Crippen molar-refractivity contribution < 1.29 is 15.0 Å². The molecule has 3 N–H and O–H groups in total. The number of hydrogen-bond acceptors (Lipinski definition) is 3. The second-order valence-electron chi connectivity index (χ2n) is 15.8. The van der Waals surface area contributed by atoms with E-state index in [4.69, 9.17) is 0 Å². The van der Waals surface area contributed by atoms with Crippen molar-refractivity contribution in [1.29, 1.82) is 0 Å². The summed E-state index contributed by atoms with van der Waals surface area (Å²) in [6.07, 6.45) is 58.4. The lowest BCUT2D eigenvalue weighted by Crippen LogP contribution is -2.45. The fraction of sp³-hybridized carbons (Fsp3) is 0.854. The molecule has 4 nitrogen and oxygen atoms in total. The third-order valence-electron chi connectivity index (χ3n) is 10.6. The summed E-state index contributed by atoms with van der Waals surface area (Å²) in [5.41, 5.74) is 0. The molecule has 0 aliphatic rings. The molecule has 52 heavy (non-hydrogen) atoms. The molecule has 306 valence electrons.